The van der Waals surface area contributed by atoms with Crippen molar-refractivity contribution in [1.29, 1.82) is 0 Å². The molecule has 0 N–H and O–H groups in total. The van der Waals surface area contributed by atoms with E-state index in [0.717, 1.165) is 39.5 Å². The largest absolute Gasteiger partial charge is 0.496 e. The molecule has 0 spiro atoms. The van der Waals surface area contributed by atoms with Gasteiger partial charge < -0.3 is 9.47 Å². The Morgan fingerprint density at radius 1 is 0.576 bits per heavy atom. The minimum absolute atomic E-state index is 0. The van der Waals surface area contributed by atoms with Gasteiger partial charge >= 0.3 is 0 Å². The van der Waals surface area contributed by atoms with Gasteiger partial charge in [0, 0.05) is 38.5 Å². The third kappa shape index (κ3) is 7.29. The fraction of sp³-hybridized carbons (Fsp3) is 0.200. The summed E-state index contributed by atoms with van der Waals surface area (Å²) in [7, 11) is 1.72. The molecule has 2 nitrogen and oxygen atoms in total. The molecule has 3 heteroatoms. The fourth-order valence-electron chi connectivity index (χ4n) is 3.74. The first-order valence-electron chi connectivity index (χ1n) is 10.7. The maximum Gasteiger partial charge on any atom is 0.130 e. The van der Waals surface area contributed by atoms with Gasteiger partial charge in [0.05, 0.1) is 7.11 Å². The van der Waals surface area contributed by atoms with E-state index in [1.165, 1.54) is 16.7 Å². The van der Waals surface area contributed by atoms with Crippen molar-refractivity contribution in [3.63, 3.8) is 0 Å². The van der Waals surface area contributed by atoms with Gasteiger partial charge in [-0.25, -0.2) is 0 Å². The van der Waals surface area contributed by atoms with Crippen molar-refractivity contribution in [3.8, 4) is 28.4 Å². The van der Waals surface area contributed by atoms with E-state index in [1.807, 2.05) is 48.5 Å². The van der Waals surface area contributed by atoms with Crippen LogP contribution >= 0.6 is 0 Å². The zero-order valence-corrected chi connectivity index (χ0v) is 23.2. The van der Waals surface area contributed by atoms with Gasteiger partial charge in [0.1, 0.15) is 11.5 Å². The van der Waals surface area contributed by atoms with Crippen LogP contribution in [0.3, 0.4) is 0 Å². The number of methoxy groups -OCH3 is 1. The van der Waals surface area contributed by atoms with Crippen molar-refractivity contribution >= 4 is 0 Å². The van der Waals surface area contributed by atoms with Gasteiger partial charge in [0.25, 0.3) is 0 Å². The smallest absolute Gasteiger partial charge is 0.130 e. The molecule has 167 valence electrons. The Hall–Kier alpha value is -2.42. The van der Waals surface area contributed by atoms with Crippen LogP contribution in [0.1, 0.15) is 27.8 Å². The van der Waals surface area contributed by atoms with E-state index in [-0.39, 0.29) is 32.7 Å². The van der Waals surface area contributed by atoms with Crippen molar-refractivity contribution in [3.05, 3.63) is 113 Å². The third-order valence-electron chi connectivity index (χ3n) is 5.25. The molecule has 0 aliphatic carbocycles. The molecule has 0 saturated heterocycles. The van der Waals surface area contributed by atoms with Crippen molar-refractivity contribution in [2.75, 3.05) is 7.11 Å². The van der Waals surface area contributed by atoms with E-state index in [9.17, 15) is 0 Å². The number of hydrogen-bond acceptors (Lipinski definition) is 2. The molecule has 4 aromatic carbocycles. The van der Waals surface area contributed by atoms with Crippen molar-refractivity contribution in [2.45, 2.75) is 34.6 Å². The standard InChI is InChI=1S/C23H23O2.C7H7.Y/c1-15-11-19(12-16(2)22(15)24-5)20-13-17(3)23(18(4)14-20)25-21-9-7-6-8-10-21;1-7-5-3-2-4-6-7;/h7-14H,1-5H3;3-6H,1H3;/q2*-1;. The molecule has 0 atom stereocenters. The molecule has 0 heterocycles. The van der Waals surface area contributed by atoms with Crippen LogP contribution in [-0.4, -0.2) is 7.11 Å². The molecule has 4 rings (SSSR count). The van der Waals surface area contributed by atoms with E-state index < -0.39 is 0 Å². The van der Waals surface area contributed by atoms with E-state index in [2.05, 4.69) is 71.0 Å². The predicted molar refractivity (Wildman–Crippen MR) is 133 cm³/mol. The Balaban J connectivity index is 0.000000413. The first-order chi connectivity index (χ1) is 15.4. The van der Waals surface area contributed by atoms with Crippen LogP contribution < -0.4 is 9.47 Å². The molecule has 4 aromatic rings. The maximum absolute atomic E-state index is 6.07. The van der Waals surface area contributed by atoms with Gasteiger partial charge in [0.15, 0.2) is 0 Å². The minimum Gasteiger partial charge on any atom is -0.496 e. The molecule has 0 aliphatic rings. The summed E-state index contributed by atoms with van der Waals surface area (Å²) in [5.74, 6) is 2.70. The quantitative estimate of drug-likeness (QED) is 0.259. The zero-order chi connectivity index (χ0) is 23.1. The van der Waals surface area contributed by atoms with Gasteiger partial charge in [-0.1, -0.05) is 6.92 Å². The second-order valence-electron chi connectivity index (χ2n) is 8.00. The molecule has 0 aromatic heterocycles. The average Bonchev–Trinajstić information content (AvgIpc) is 2.77. The first-order valence-corrected chi connectivity index (χ1v) is 10.7. The number of rotatable bonds is 4. The fourth-order valence-corrected chi connectivity index (χ4v) is 3.74. The average molecular weight is 511 g/mol. The number of benzene rings is 4. The Morgan fingerprint density at radius 2 is 0.970 bits per heavy atom. The van der Waals surface area contributed by atoms with Crippen molar-refractivity contribution < 1.29 is 42.2 Å². The summed E-state index contributed by atoms with van der Waals surface area (Å²) in [6, 6.07) is 30.1. The van der Waals surface area contributed by atoms with Gasteiger partial charge in [0.2, 0.25) is 0 Å². The minimum atomic E-state index is 0. The number of ether oxygens (including phenoxy) is 2. The van der Waals surface area contributed by atoms with Crippen molar-refractivity contribution in [1.82, 2.24) is 0 Å². The molecule has 0 amide bonds. The molecule has 0 saturated carbocycles. The second kappa shape index (κ2) is 12.7. The Morgan fingerprint density at radius 3 is 1.33 bits per heavy atom. The molecule has 33 heavy (non-hydrogen) atoms. The molecular formula is C30H30O2Y-2. The van der Waals surface area contributed by atoms with Crippen LogP contribution in [0, 0.1) is 46.8 Å². The molecule has 1 radical (unpaired) electrons. The van der Waals surface area contributed by atoms with Gasteiger partial charge in [-0.05, 0) is 85.3 Å². The maximum atomic E-state index is 6.07. The molecule has 0 bridgehead atoms. The summed E-state index contributed by atoms with van der Waals surface area (Å²) in [5.41, 5.74) is 8.21. The predicted octanol–water partition coefficient (Wildman–Crippen LogP) is 7.98. The molecular weight excluding hydrogens is 481 g/mol. The van der Waals surface area contributed by atoms with Crippen LogP contribution in [-0.2, 0) is 32.7 Å². The van der Waals surface area contributed by atoms with Crippen LogP contribution in [0.2, 0.25) is 0 Å². The van der Waals surface area contributed by atoms with Crippen molar-refractivity contribution in [2.24, 2.45) is 0 Å². The molecule has 0 aliphatic heterocycles. The Labute approximate surface area is 223 Å². The van der Waals surface area contributed by atoms with Gasteiger partial charge in [-0.2, -0.15) is 54.1 Å². The van der Waals surface area contributed by atoms with E-state index in [0.29, 0.717) is 0 Å². The summed E-state index contributed by atoms with van der Waals surface area (Å²) in [6.45, 7) is 10.4. The SMILES string of the molecule is COc1c(C)cc(-c2cc(C)c(Oc3cc[c-]cc3)c(C)c2)cc1C.Cc1cc[c-]cc1.[Y]. The summed E-state index contributed by atoms with van der Waals surface area (Å²) >= 11 is 0. The second-order valence-corrected chi connectivity index (χ2v) is 8.00. The number of hydrogen-bond donors (Lipinski definition) is 0. The summed E-state index contributed by atoms with van der Waals surface area (Å²) in [6.07, 6.45) is 0. The van der Waals surface area contributed by atoms with Crippen LogP contribution in [0.25, 0.3) is 11.1 Å². The van der Waals surface area contributed by atoms with E-state index in [1.54, 1.807) is 7.11 Å². The van der Waals surface area contributed by atoms with Gasteiger partial charge in [-0.3, -0.25) is 0 Å². The number of aryl methyl sites for hydroxylation is 5. The molecule has 0 fully saturated rings. The van der Waals surface area contributed by atoms with E-state index in [4.69, 9.17) is 9.47 Å². The van der Waals surface area contributed by atoms with E-state index >= 15 is 0 Å². The third-order valence-corrected chi connectivity index (χ3v) is 5.25. The summed E-state index contributed by atoms with van der Waals surface area (Å²) < 4.78 is 11.6. The summed E-state index contributed by atoms with van der Waals surface area (Å²) in [4.78, 5) is 0. The Kier molecular flexibility index (Phi) is 10.3. The Bertz CT molecular complexity index is 1120. The monoisotopic (exact) mass is 511 g/mol. The first kappa shape index (κ1) is 26.8. The zero-order valence-electron chi connectivity index (χ0n) is 20.3. The normalized spacial score (nSPS) is 9.88. The summed E-state index contributed by atoms with van der Waals surface area (Å²) in [5, 5.41) is 0. The van der Waals surface area contributed by atoms with Crippen LogP contribution in [0.4, 0.5) is 0 Å². The van der Waals surface area contributed by atoms with Gasteiger partial charge in [-0.15, -0.1) is 12.1 Å². The topological polar surface area (TPSA) is 18.5 Å². The van der Waals surface area contributed by atoms with Crippen LogP contribution in [0.15, 0.2) is 72.8 Å². The molecule has 0 unspecified atom stereocenters. The van der Waals surface area contributed by atoms with Crippen LogP contribution in [0.5, 0.6) is 17.2 Å².